The molecule has 0 aliphatic heterocycles. The van der Waals surface area contributed by atoms with Crippen molar-refractivity contribution in [1.29, 1.82) is 0 Å². The summed E-state index contributed by atoms with van der Waals surface area (Å²) in [5, 5.41) is 0. The van der Waals surface area contributed by atoms with E-state index in [1.165, 1.54) is 30.9 Å². The molecule has 0 aromatic rings. The van der Waals surface area contributed by atoms with Gasteiger partial charge in [-0.05, 0) is 75.0 Å². The van der Waals surface area contributed by atoms with Gasteiger partial charge < -0.3 is 4.43 Å². The highest BCUT2D eigenvalue weighted by molar-refractivity contribution is 6.76. The summed E-state index contributed by atoms with van der Waals surface area (Å²) in [7, 11) is -2.77. The second kappa shape index (κ2) is 8.49. The molecule has 1 rings (SSSR count). The highest BCUT2D eigenvalue weighted by atomic mass is 28.4. The minimum Gasteiger partial charge on any atom is -0.412 e. The van der Waals surface area contributed by atoms with E-state index in [0.29, 0.717) is 11.3 Å². The molecule has 0 N–H and O–H groups in total. The Balaban J connectivity index is 3.16. The Labute approximate surface area is 166 Å². The van der Waals surface area contributed by atoms with Gasteiger partial charge in [0.1, 0.15) is 0 Å². The third kappa shape index (κ3) is 7.48. The first-order chi connectivity index (χ1) is 11.6. The van der Waals surface area contributed by atoms with Crippen LogP contribution in [0.4, 0.5) is 0 Å². The van der Waals surface area contributed by atoms with Crippen LogP contribution in [0.1, 0.15) is 52.9 Å². The third-order valence-corrected chi connectivity index (χ3v) is 8.27. The van der Waals surface area contributed by atoms with E-state index in [1.807, 2.05) is 0 Å². The summed E-state index contributed by atoms with van der Waals surface area (Å²) in [4.78, 5) is 0. The zero-order valence-corrected chi connectivity index (χ0v) is 21.3. The zero-order chi connectivity index (χ0) is 20.4. The summed E-state index contributed by atoms with van der Waals surface area (Å²) in [6, 6.07) is 1.22. The summed E-state index contributed by atoms with van der Waals surface area (Å²) in [5.74, 6) is 1.36. The Bertz CT molecular complexity index is 495. The molecule has 0 unspecified atom stereocenters. The van der Waals surface area contributed by atoms with Crippen LogP contribution in [0.2, 0.25) is 45.3 Å². The molecule has 0 heterocycles. The van der Waals surface area contributed by atoms with E-state index in [0.717, 1.165) is 18.8 Å². The normalized spacial score (nSPS) is 27.6. The summed E-state index contributed by atoms with van der Waals surface area (Å²) < 4.78 is 7.05. The minimum atomic E-state index is -1.64. The van der Waals surface area contributed by atoms with Crippen molar-refractivity contribution in [3.8, 4) is 0 Å². The fourth-order valence-electron chi connectivity index (χ4n) is 5.06. The highest BCUT2D eigenvalue weighted by Gasteiger charge is 2.50. The van der Waals surface area contributed by atoms with E-state index in [9.17, 15) is 0 Å². The Morgan fingerprint density at radius 2 is 1.77 bits per heavy atom. The van der Waals surface area contributed by atoms with E-state index < -0.39 is 16.4 Å². The van der Waals surface area contributed by atoms with E-state index in [1.54, 1.807) is 0 Å². The van der Waals surface area contributed by atoms with Gasteiger partial charge >= 0.3 is 0 Å². The molecule has 0 amide bonds. The number of allylic oxidation sites excluding steroid dienone is 1. The topological polar surface area (TPSA) is 9.23 Å². The highest BCUT2D eigenvalue weighted by Crippen LogP contribution is 2.52. The molecular weight excluding hydrogens is 348 g/mol. The van der Waals surface area contributed by atoms with E-state index in [4.69, 9.17) is 4.43 Å². The Hall–Kier alpha value is -0.126. The van der Waals surface area contributed by atoms with E-state index in [-0.39, 0.29) is 5.60 Å². The number of hydrogen-bond donors (Lipinski definition) is 0. The monoisotopic (exact) mass is 394 g/mol. The predicted molar refractivity (Wildman–Crippen MR) is 124 cm³/mol. The molecule has 0 aromatic carbocycles. The second-order valence-electron chi connectivity index (χ2n) is 11.9. The van der Waals surface area contributed by atoms with Gasteiger partial charge in [-0.25, -0.2) is 0 Å². The van der Waals surface area contributed by atoms with Crippen LogP contribution in [0, 0.1) is 17.3 Å². The average molecular weight is 395 g/mol. The van der Waals surface area contributed by atoms with Gasteiger partial charge in [0.05, 0.1) is 5.60 Å². The van der Waals surface area contributed by atoms with Crippen molar-refractivity contribution in [3.63, 3.8) is 0 Å². The lowest BCUT2D eigenvalue weighted by Gasteiger charge is -2.45. The second-order valence-corrected chi connectivity index (χ2v) is 21.8. The van der Waals surface area contributed by atoms with E-state index >= 15 is 0 Å². The molecule has 0 radical (unpaired) electrons. The molecule has 3 atom stereocenters. The van der Waals surface area contributed by atoms with Crippen LogP contribution in [-0.2, 0) is 4.43 Å². The first kappa shape index (κ1) is 23.9. The third-order valence-electron chi connectivity index (χ3n) is 5.69. The minimum absolute atomic E-state index is 0.0130. The fourth-order valence-corrected chi connectivity index (χ4v) is 8.23. The molecule has 1 saturated carbocycles. The van der Waals surface area contributed by atoms with Gasteiger partial charge in [0.15, 0.2) is 8.32 Å². The SMILES string of the molecule is C=CCC(C)(C)C[C@@H]1[C@@H](C)CC[C@]1(CC(=C)C[Si](C)(C)C)O[Si](C)(C)C. The maximum atomic E-state index is 7.05. The van der Waals surface area contributed by atoms with Crippen LogP contribution in [0.3, 0.4) is 0 Å². The largest absolute Gasteiger partial charge is 0.412 e. The van der Waals surface area contributed by atoms with Crippen LogP contribution in [-0.4, -0.2) is 22.0 Å². The maximum Gasteiger partial charge on any atom is 0.184 e. The Morgan fingerprint density at radius 1 is 1.19 bits per heavy atom. The summed E-state index contributed by atoms with van der Waals surface area (Å²) in [6.45, 7) is 30.2. The number of rotatable bonds is 10. The molecule has 0 spiro atoms. The standard InChI is InChI=1S/C23H46OSi2/c1-12-14-22(4,5)17-21-20(3)13-15-23(21,24-26(9,10)11)16-19(2)18-25(6,7)8/h12,20-21H,1-2,13-18H2,3-11H3/t20-,21+,23+/m0/s1. The summed E-state index contributed by atoms with van der Waals surface area (Å²) in [6.07, 6.45) is 7.96. The fraction of sp³-hybridized carbons (Fsp3) is 0.826. The molecular formula is C23H46OSi2. The van der Waals surface area contributed by atoms with Crippen molar-refractivity contribution in [2.75, 3.05) is 0 Å². The molecule has 1 nitrogen and oxygen atoms in total. The molecule has 3 heteroatoms. The molecule has 0 saturated heterocycles. The van der Waals surface area contributed by atoms with Crippen molar-refractivity contribution < 1.29 is 4.43 Å². The lowest BCUT2D eigenvalue weighted by Crippen LogP contribution is -2.48. The van der Waals surface area contributed by atoms with Gasteiger partial charge in [0.2, 0.25) is 0 Å². The van der Waals surface area contributed by atoms with Gasteiger partial charge in [-0.1, -0.05) is 52.1 Å². The summed E-state index contributed by atoms with van der Waals surface area (Å²) in [5.41, 5.74) is 1.74. The predicted octanol–water partition coefficient (Wildman–Crippen LogP) is 7.90. The zero-order valence-electron chi connectivity index (χ0n) is 19.3. The molecule has 1 aliphatic carbocycles. The van der Waals surface area contributed by atoms with Gasteiger partial charge in [-0.15, -0.1) is 13.2 Å². The lowest BCUT2D eigenvalue weighted by molar-refractivity contribution is -0.00599. The van der Waals surface area contributed by atoms with Gasteiger partial charge in [0, 0.05) is 8.07 Å². The smallest absolute Gasteiger partial charge is 0.184 e. The molecule has 152 valence electrons. The molecule has 0 bridgehead atoms. The van der Waals surface area contributed by atoms with Crippen molar-refractivity contribution in [2.24, 2.45) is 17.3 Å². The van der Waals surface area contributed by atoms with Crippen LogP contribution in [0.5, 0.6) is 0 Å². The van der Waals surface area contributed by atoms with Gasteiger partial charge in [-0.2, -0.15) is 0 Å². The quantitative estimate of drug-likeness (QED) is 0.270. The van der Waals surface area contributed by atoms with Crippen molar-refractivity contribution in [1.82, 2.24) is 0 Å². The van der Waals surface area contributed by atoms with E-state index in [2.05, 4.69) is 79.3 Å². The van der Waals surface area contributed by atoms with Crippen LogP contribution in [0.25, 0.3) is 0 Å². The maximum absolute atomic E-state index is 7.05. The van der Waals surface area contributed by atoms with Crippen LogP contribution in [0.15, 0.2) is 24.8 Å². The Morgan fingerprint density at radius 3 is 2.23 bits per heavy atom. The van der Waals surface area contributed by atoms with Crippen molar-refractivity contribution >= 4 is 16.4 Å². The van der Waals surface area contributed by atoms with Crippen LogP contribution < -0.4 is 0 Å². The first-order valence-electron chi connectivity index (χ1n) is 10.6. The average Bonchev–Trinajstić information content (AvgIpc) is 2.62. The van der Waals surface area contributed by atoms with Crippen molar-refractivity contribution in [3.05, 3.63) is 24.8 Å². The van der Waals surface area contributed by atoms with Crippen LogP contribution >= 0.6 is 0 Å². The molecule has 1 aliphatic rings. The number of hydrogen-bond acceptors (Lipinski definition) is 1. The van der Waals surface area contributed by atoms with Crippen molar-refractivity contribution in [2.45, 2.75) is 104 Å². The van der Waals surface area contributed by atoms with Gasteiger partial charge in [0.25, 0.3) is 0 Å². The lowest BCUT2D eigenvalue weighted by atomic mass is 9.71. The van der Waals surface area contributed by atoms with Gasteiger partial charge in [-0.3, -0.25) is 0 Å². The first-order valence-corrected chi connectivity index (χ1v) is 17.7. The Kier molecular flexibility index (Phi) is 7.80. The molecule has 1 fully saturated rings. The summed E-state index contributed by atoms with van der Waals surface area (Å²) >= 11 is 0. The molecule has 0 aromatic heterocycles. The molecule has 26 heavy (non-hydrogen) atoms.